The van der Waals surface area contributed by atoms with Crippen molar-refractivity contribution in [3.05, 3.63) is 35.7 Å². The molecule has 0 atom stereocenters. The minimum absolute atomic E-state index is 0.949. The lowest BCUT2D eigenvalue weighted by Gasteiger charge is -2.15. The highest BCUT2D eigenvalue weighted by Gasteiger charge is 2.18. The normalized spacial score (nSPS) is 14.9. The molecular formula is C18H22N4. The van der Waals surface area contributed by atoms with E-state index in [0.29, 0.717) is 0 Å². The lowest BCUT2D eigenvalue weighted by atomic mass is 10.0. The Hall–Kier alpha value is -1.94. The van der Waals surface area contributed by atoms with Gasteiger partial charge in [-0.2, -0.15) is 0 Å². The van der Waals surface area contributed by atoms with Crippen LogP contribution in [0.15, 0.2) is 24.3 Å². The Morgan fingerprint density at radius 3 is 2.55 bits per heavy atom. The molecule has 0 radical (unpaired) electrons. The van der Waals surface area contributed by atoms with E-state index in [2.05, 4.69) is 47.8 Å². The summed E-state index contributed by atoms with van der Waals surface area (Å²) in [5, 5.41) is 1.23. The predicted octanol–water partition coefficient (Wildman–Crippen LogP) is 3.02. The van der Waals surface area contributed by atoms with E-state index in [-0.39, 0.29) is 0 Å². The fourth-order valence-corrected chi connectivity index (χ4v) is 3.40. The third-order valence-electron chi connectivity index (χ3n) is 4.59. The zero-order valence-electron chi connectivity index (χ0n) is 13.3. The molecule has 3 aromatic rings. The average Bonchev–Trinajstić information content (AvgIpc) is 2.84. The van der Waals surface area contributed by atoms with E-state index in [0.717, 1.165) is 37.1 Å². The molecule has 1 aliphatic rings. The van der Waals surface area contributed by atoms with Crippen LogP contribution in [0.4, 0.5) is 0 Å². The second kappa shape index (κ2) is 5.36. The molecule has 0 saturated heterocycles. The molecule has 114 valence electrons. The largest absolute Gasteiger partial charge is 0.323 e. The Kier molecular flexibility index (Phi) is 3.34. The molecule has 0 aliphatic heterocycles. The first-order chi connectivity index (χ1) is 10.7. The standard InChI is InChI=1S/C18H22N4/c1-21(2)11-12-22-16-10-6-3-7-13(16)17-18(22)20-15-9-5-4-8-14(15)19-17/h3,6-7,10H,4-5,8-9,11-12H2,1-2H3. The molecular weight excluding hydrogens is 272 g/mol. The molecule has 4 rings (SSSR count). The Labute approximate surface area is 130 Å². The Morgan fingerprint density at radius 1 is 1.05 bits per heavy atom. The number of para-hydroxylation sites is 1. The molecule has 22 heavy (non-hydrogen) atoms. The van der Waals surface area contributed by atoms with Crippen molar-refractivity contribution in [1.82, 2.24) is 19.4 Å². The summed E-state index contributed by atoms with van der Waals surface area (Å²) in [6.45, 7) is 1.96. The summed E-state index contributed by atoms with van der Waals surface area (Å²) in [6, 6.07) is 8.56. The van der Waals surface area contributed by atoms with Gasteiger partial charge in [0.15, 0.2) is 5.65 Å². The van der Waals surface area contributed by atoms with Gasteiger partial charge in [0.25, 0.3) is 0 Å². The van der Waals surface area contributed by atoms with Gasteiger partial charge in [0, 0.05) is 18.5 Å². The van der Waals surface area contributed by atoms with Gasteiger partial charge in [0.2, 0.25) is 0 Å². The Bertz CT molecular complexity index is 832. The third-order valence-corrected chi connectivity index (χ3v) is 4.59. The van der Waals surface area contributed by atoms with Gasteiger partial charge < -0.3 is 9.47 Å². The number of nitrogens with zero attached hydrogens (tertiary/aromatic N) is 4. The van der Waals surface area contributed by atoms with Crippen LogP contribution in [0.2, 0.25) is 0 Å². The number of aromatic nitrogens is 3. The van der Waals surface area contributed by atoms with Crippen molar-refractivity contribution in [1.29, 1.82) is 0 Å². The fourth-order valence-electron chi connectivity index (χ4n) is 3.40. The van der Waals surface area contributed by atoms with Crippen molar-refractivity contribution in [3.8, 4) is 0 Å². The first kappa shape index (κ1) is 13.7. The first-order valence-corrected chi connectivity index (χ1v) is 8.15. The minimum Gasteiger partial charge on any atom is -0.323 e. The van der Waals surface area contributed by atoms with E-state index in [4.69, 9.17) is 9.97 Å². The van der Waals surface area contributed by atoms with Crippen LogP contribution in [0.5, 0.6) is 0 Å². The molecule has 0 fully saturated rings. The zero-order valence-corrected chi connectivity index (χ0v) is 13.3. The molecule has 0 bridgehead atoms. The van der Waals surface area contributed by atoms with E-state index in [9.17, 15) is 0 Å². The maximum Gasteiger partial charge on any atom is 0.160 e. The number of rotatable bonds is 3. The SMILES string of the molecule is CN(C)CCn1c2ccccc2c2nc3c(nc21)CCCC3. The molecule has 0 saturated carbocycles. The number of hydrogen-bond donors (Lipinski definition) is 0. The van der Waals surface area contributed by atoms with E-state index < -0.39 is 0 Å². The second-order valence-corrected chi connectivity index (χ2v) is 6.47. The summed E-state index contributed by atoms with van der Waals surface area (Å²) < 4.78 is 2.34. The van der Waals surface area contributed by atoms with Crippen LogP contribution < -0.4 is 0 Å². The van der Waals surface area contributed by atoms with Crippen molar-refractivity contribution in [2.24, 2.45) is 0 Å². The van der Waals surface area contributed by atoms with Crippen LogP contribution >= 0.6 is 0 Å². The number of benzene rings is 1. The molecule has 0 amide bonds. The summed E-state index contributed by atoms with van der Waals surface area (Å²) >= 11 is 0. The molecule has 2 heterocycles. The van der Waals surface area contributed by atoms with Gasteiger partial charge in [-0.25, -0.2) is 9.97 Å². The van der Waals surface area contributed by atoms with Crippen molar-refractivity contribution in [2.75, 3.05) is 20.6 Å². The molecule has 4 nitrogen and oxygen atoms in total. The Morgan fingerprint density at radius 2 is 1.77 bits per heavy atom. The number of hydrogen-bond acceptors (Lipinski definition) is 3. The summed E-state index contributed by atoms with van der Waals surface area (Å²) in [5.41, 5.74) is 5.82. The molecule has 0 spiro atoms. The van der Waals surface area contributed by atoms with E-state index in [1.807, 2.05) is 0 Å². The topological polar surface area (TPSA) is 34.0 Å². The van der Waals surface area contributed by atoms with Gasteiger partial charge >= 0.3 is 0 Å². The van der Waals surface area contributed by atoms with Crippen molar-refractivity contribution in [3.63, 3.8) is 0 Å². The molecule has 4 heteroatoms. The number of aryl methyl sites for hydroxylation is 2. The van der Waals surface area contributed by atoms with Crippen LogP contribution in [-0.2, 0) is 19.4 Å². The van der Waals surface area contributed by atoms with E-state index in [1.165, 1.54) is 35.1 Å². The summed E-state index contributed by atoms with van der Waals surface area (Å²) in [4.78, 5) is 12.2. The second-order valence-electron chi connectivity index (χ2n) is 6.47. The average molecular weight is 294 g/mol. The van der Waals surface area contributed by atoms with Gasteiger partial charge in [-0.3, -0.25) is 0 Å². The van der Waals surface area contributed by atoms with Crippen molar-refractivity contribution < 1.29 is 0 Å². The number of likely N-dealkylation sites (N-methyl/N-ethyl adjacent to an activating group) is 1. The van der Waals surface area contributed by atoms with Gasteiger partial charge in [-0.15, -0.1) is 0 Å². The highest BCUT2D eigenvalue weighted by molar-refractivity contribution is 6.04. The lowest BCUT2D eigenvalue weighted by Crippen LogP contribution is -2.18. The van der Waals surface area contributed by atoms with Crippen LogP contribution in [-0.4, -0.2) is 40.1 Å². The van der Waals surface area contributed by atoms with Gasteiger partial charge in [-0.05, 0) is 45.8 Å². The van der Waals surface area contributed by atoms with Gasteiger partial charge in [-0.1, -0.05) is 18.2 Å². The number of fused-ring (bicyclic) bond motifs is 4. The van der Waals surface area contributed by atoms with Crippen molar-refractivity contribution in [2.45, 2.75) is 32.2 Å². The van der Waals surface area contributed by atoms with Crippen LogP contribution in [0.25, 0.3) is 22.1 Å². The van der Waals surface area contributed by atoms with E-state index in [1.54, 1.807) is 0 Å². The summed E-state index contributed by atoms with van der Waals surface area (Å²) in [7, 11) is 4.23. The van der Waals surface area contributed by atoms with Gasteiger partial charge in [0.1, 0.15) is 5.52 Å². The third kappa shape index (κ3) is 2.18. The molecule has 2 aromatic heterocycles. The quantitative estimate of drug-likeness (QED) is 0.744. The molecule has 0 unspecified atom stereocenters. The fraction of sp³-hybridized carbons (Fsp3) is 0.444. The van der Waals surface area contributed by atoms with Crippen molar-refractivity contribution >= 4 is 22.1 Å². The monoisotopic (exact) mass is 294 g/mol. The summed E-state index contributed by atoms with van der Waals surface area (Å²) in [6.07, 6.45) is 4.64. The zero-order chi connectivity index (χ0) is 15.1. The van der Waals surface area contributed by atoms with Crippen LogP contribution in [0, 0.1) is 0 Å². The molecule has 0 N–H and O–H groups in total. The van der Waals surface area contributed by atoms with Crippen LogP contribution in [0.3, 0.4) is 0 Å². The van der Waals surface area contributed by atoms with E-state index >= 15 is 0 Å². The molecule has 1 aromatic carbocycles. The predicted molar refractivity (Wildman–Crippen MR) is 90.2 cm³/mol. The smallest absolute Gasteiger partial charge is 0.160 e. The molecule has 1 aliphatic carbocycles. The first-order valence-electron chi connectivity index (χ1n) is 8.15. The Balaban J connectivity index is 1.97. The summed E-state index contributed by atoms with van der Waals surface area (Å²) in [5.74, 6) is 0. The maximum absolute atomic E-state index is 5.01. The highest BCUT2D eigenvalue weighted by Crippen LogP contribution is 2.29. The highest BCUT2D eigenvalue weighted by atomic mass is 15.1. The van der Waals surface area contributed by atoms with Gasteiger partial charge in [0.05, 0.1) is 16.9 Å². The van der Waals surface area contributed by atoms with Crippen LogP contribution in [0.1, 0.15) is 24.2 Å². The maximum atomic E-state index is 5.01. The minimum atomic E-state index is 0.949. The lowest BCUT2D eigenvalue weighted by molar-refractivity contribution is 0.389.